The summed E-state index contributed by atoms with van der Waals surface area (Å²) in [6, 6.07) is 10.8. The van der Waals surface area contributed by atoms with Crippen molar-refractivity contribution in [3.05, 3.63) is 35.9 Å². The van der Waals surface area contributed by atoms with Crippen molar-refractivity contribution in [3.8, 4) is 0 Å². The second-order valence-corrected chi connectivity index (χ2v) is 5.60. The van der Waals surface area contributed by atoms with E-state index in [1.807, 2.05) is 0 Å². The zero-order valence-electron chi connectivity index (χ0n) is 12.9. The van der Waals surface area contributed by atoms with E-state index in [0.717, 1.165) is 19.3 Å². The lowest BCUT2D eigenvalue weighted by Crippen LogP contribution is -2.42. The fraction of sp³-hybridized carbons (Fsp3) is 0.647. The van der Waals surface area contributed by atoms with E-state index >= 15 is 0 Å². The van der Waals surface area contributed by atoms with Crippen molar-refractivity contribution in [1.29, 1.82) is 0 Å². The summed E-state index contributed by atoms with van der Waals surface area (Å²) in [4.78, 5) is 0. The maximum atomic E-state index is 6.20. The number of hydrogen-bond acceptors (Lipinski definition) is 4. The topological polar surface area (TPSA) is 53.7 Å². The predicted molar refractivity (Wildman–Crippen MR) is 83.4 cm³/mol. The monoisotopic (exact) mass is 293 g/mol. The third-order valence-corrected chi connectivity index (χ3v) is 4.11. The quantitative estimate of drug-likeness (QED) is 0.747. The molecular weight excluding hydrogens is 266 g/mol. The molecule has 0 radical (unpaired) electrons. The standard InChI is InChI=1S/C17H27NO3/c1-19-9-10-20-11-12-21-17-13-15(7-8-16(17)18)14-5-3-2-4-6-14/h2-6,15-17H,7-13,18H2,1H3. The molecule has 1 aliphatic carbocycles. The van der Waals surface area contributed by atoms with Crippen LogP contribution in [0.15, 0.2) is 30.3 Å². The van der Waals surface area contributed by atoms with E-state index in [2.05, 4.69) is 30.3 Å². The van der Waals surface area contributed by atoms with Crippen LogP contribution in [0, 0.1) is 0 Å². The molecule has 1 fully saturated rings. The van der Waals surface area contributed by atoms with E-state index in [-0.39, 0.29) is 12.1 Å². The molecule has 1 aliphatic rings. The molecule has 2 N–H and O–H groups in total. The molecule has 1 aromatic rings. The van der Waals surface area contributed by atoms with Gasteiger partial charge in [0.2, 0.25) is 0 Å². The van der Waals surface area contributed by atoms with Crippen molar-refractivity contribution in [1.82, 2.24) is 0 Å². The summed E-state index contributed by atoms with van der Waals surface area (Å²) in [5.74, 6) is 0.561. The highest BCUT2D eigenvalue weighted by Crippen LogP contribution is 2.33. The SMILES string of the molecule is COCCOCCOC1CC(c2ccccc2)CCC1N. The summed E-state index contributed by atoms with van der Waals surface area (Å²) >= 11 is 0. The number of benzene rings is 1. The van der Waals surface area contributed by atoms with Gasteiger partial charge in [0, 0.05) is 13.2 Å². The Hall–Kier alpha value is -0.940. The Morgan fingerprint density at radius 2 is 1.81 bits per heavy atom. The van der Waals surface area contributed by atoms with Crippen LogP contribution in [0.5, 0.6) is 0 Å². The third-order valence-electron chi connectivity index (χ3n) is 4.11. The van der Waals surface area contributed by atoms with Gasteiger partial charge in [0.1, 0.15) is 0 Å². The van der Waals surface area contributed by atoms with Crippen LogP contribution in [0.1, 0.15) is 30.7 Å². The second kappa shape index (κ2) is 9.15. The number of hydrogen-bond donors (Lipinski definition) is 1. The Balaban J connectivity index is 1.74. The molecule has 0 spiro atoms. The maximum absolute atomic E-state index is 6.20. The molecule has 3 atom stereocenters. The summed E-state index contributed by atoms with van der Waals surface area (Å²) in [6.45, 7) is 2.44. The second-order valence-electron chi connectivity index (χ2n) is 5.60. The first-order valence-corrected chi connectivity index (χ1v) is 7.80. The molecule has 1 aromatic carbocycles. The molecule has 4 nitrogen and oxygen atoms in total. The third kappa shape index (κ3) is 5.40. The van der Waals surface area contributed by atoms with Crippen molar-refractivity contribution in [3.63, 3.8) is 0 Å². The van der Waals surface area contributed by atoms with Gasteiger partial charge in [0.15, 0.2) is 0 Å². The van der Waals surface area contributed by atoms with Gasteiger partial charge >= 0.3 is 0 Å². The van der Waals surface area contributed by atoms with Crippen LogP contribution in [0.4, 0.5) is 0 Å². The lowest BCUT2D eigenvalue weighted by Gasteiger charge is -2.34. The summed E-state index contributed by atoms with van der Waals surface area (Å²) in [5.41, 5.74) is 7.59. The minimum Gasteiger partial charge on any atom is -0.382 e. The van der Waals surface area contributed by atoms with Gasteiger partial charge in [-0.1, -0.05) is 30.3 Å². The van der Waals surface area contributed by atoms with Crippen molar-refractivity contribution in [2.45, 2.75) is 37.3 Å². The summed E-state index contributed by atoms with van der Waals surface area (Å²) in [5, 5.41) is 0. The van der Waals surface area contributed by atoms with E-state index in [0.29, 0.717) is 32.3 Å². The fourth-order valence-electron chi connectivity index (χ4n) is 2.87. The first kappa shape index (κ1) is 16.4. The van der Waals surface area contributed by atoms with E-state index < -0.39 is 0 Å². The van der Waals surface area contributed by atoms with Gasteiger partial charge in [0.25, 0.3) is 0 Å². The highest BCUT2D eigenvalue weighted by atomic mass is 16.5. The highest BCUT2D eigenvalue weighted by molar-refractivity contribution is 5.20. The summed E-state index contributed by atoms with van der Waals surface area (Å²) in [7, 11) is 1.67. The largest absolute Gasteiger partial charge is 0.382 e. The molecule has 2 rings (SSSR count). The minimum absolute atomic E-state index is 0.134. The van der Waals surface area contributed by atoms with E-state index in [1.165, 1.54) is 5.56 Å². The van der Waals surface area contributed by atoms with Crippen molar-refractivity contribution in [2.24, 2.45) is 5.73 Å². The van der Waals surface area contributed by atoms with Crippen LogP contribution in [-0.4, -0.2) is 45.7 Å². The normalized spacial score (nSPS) is 25.9. The number of methoxy groups -OCH3 is 1. The van der Waals surface area contributed by atoms with Gasteiger partial charge in [-0.05, 0) is 30.7 Å². The molecule has 0 heterocycles. The molecule has 3 unspecified atom stereocenters. The van der Waals surface area contributed by atoms with Gasteiger partial charge in [-0.25, -0.2) is 0 Å². The average Bonchev–Trinajstić information content (AvgIpc) is 2.53. The Labute approximate surface area is 127 Å². The first-order valence-electron chi connectivity index (χ1n) is 7.80. The summed E-state index contributed by atoms with van der Waals surface area (Å²) < 4.78 is 16.3. The van der Waals surface area contributed by atoms with Crippen molar-refractivity contribution < 1.29 is 14.2 Å². The Kier molecular flexibility index (Phi) is 7.16. The van der Waals surface area contributed by atoms with E-state index in [1.54, 1.807) is 7.11 Å². The van der Waals surface area contributed by atoms with Crippen LogP contribution in [-0.2, 0) is 14.2 Å². The smallest absolute Gasteiger partial charge is 0.0732 e. The number of rotatable bonds is 8. The van der Waals surface area contributed by atoms with Gasteiger partial charge < -0.3 is 19.9 Å². The van der Waals surface area contributed by atoms with Gasteiger partial charge in [-0.15, -0.1) is 0 Å². The van der Waals surface area contributed by atoms with Crippen LogP contribution < -0.4 is 5.73 Å². The Morgan fingerprint density at radius 1 is 1.05 bits per heavy atom. The number of ether oxygens (including phenoxy) is 3. The first-order chi connectivity index (χ1) is 10.3. The molecule has 118 valence electrons. The van der Waals surface area contributed by atoms with Crippen LogP contribution in [0.25, 0.3) is 0 Å². The summed E-state index contributed by atoms with van der Waals surface area (Å²) in [6.07, 6.45) is 3.31. The van der Waals surface area contributed by atoms with Gasteiger partial charge in [-0.3, -0.25) is 0 Å². The lowest BCUT2D eigenvalue weighted by atomic mass is 9.80. The Bertz CT molecular complexity index is 385. The van der Waals surface area contributed by atoms with Crippen LogP contribution in [0.3, 0.4) is 0 Å². The molecule has 21 heavy (non-hydrogen) atoms. The zero-order chi connectivity index (χ0) is 14.9. The van der Waals surface area contributed by atoms with Crippen molar-refractivity contribution in [2.75, 3.05) is 33.5 Å². The van der Waals surface area contributed by atoms with Crippen LogP contribution in [0.2, 0.25) is 0 Å². The van der Waals surface area contributed by atoms with E-state index in [9.17, 15) is 0 Å². The fourth-order valence-corrected chi connectivity index (χ4v) is 2.87. The predicted octanol–water partition coefficient (Wildman–Crippen LogP) is 2.33. The Morgan fingerprint density at radius 3 is 2.57 bits per heavy atom. The molecule has 0 amide bonds. The lowest BCUT2D eigenvalue weighted by molar-refractivity contribution is -0.0289. The van der Waals surface area contributed by atoms with E-state index in [4.69, 9.17) is 19.9 Å². The maximum Gasteiger partial charge on any atom is 0.0732 e. The molecule has 0 aliphatic heterocycles. The van der Waals surface area contributed by atoms with Gasteiger partial charge in [0.05, 0.1) is 32.5 Å². The molecule has 0 bridgehead atoms. The molecule has 4 heteroatoms. The molecule has 0 saturated heterocycles. The molecular formula is C17H27NO3. The number of nitrogens with two attached hydrogens (primary N) is 1. The zero-order valence-corrected chi connectivity index (χ0v) is 12.9. The molecule has 1 saturated carbocycles. The average molecular weight is 293 g/mol. The van der Waals surface area contributed by atoms with Gasteiger partial charge in [-0.2, -0.15) is 0 Å². The highest BCUT2D eigenvalue weighted by Gasteiger charge is 2.29. The van der Waals surface area contributed by atoms with Crippen LogP contribution >= 0.6 is 0 Å². The molecule has 0 aromatic heterocycles. The van der Waals surface area contributed by atoms with Crippen molar-refractivity contribution >= 4 is 0 Å². The minimum atomic E-state index is 0.134.